The lowest BCUT2D eigenvalue weighted by molar-refractivity contribution is 0.281. The molecule has 56 valence electrons. The van der Waals surface area contributed by atoms with E-state index >= 15 is 0 Å². The van der Waals surface area contributed by atoms with Gasteiger partial charge in [0.25, 0.3) is 0 Å². The number of nitrogen functional groups attached to an aromatic ring is 1. The van der Waals surface area contributed by atoms with Crippen molar-refractivity contribution in [1.82, 2.24) is 4.98 Å². The molecule has 0 amide bonds. The molecule has 0 saturated heterocycles. The van der Waals surface area contributed by atoms with Gasteiger partial charge in [0, 0.05) is 11.8 Å². The van der Waals surface area contributed by atoms with E-state index in [0.29, 0.717) is 16.9 Å². The summed E-state index contributed by atoms with van der Waals surface area (Å²) in [6.45, 7) is -0.105. The second kappa shape index (κ2) is 3.04. The van der Waals surface area contributed by atoms with Crippen LogP contribution in [0.15, 0.2) is 12.3 Å². The Morgan fingerprint density at radius 1 is 1.73 bits per heavy atom. The summed E-state index contributed by atoms with van der Waals surface area (Å²) in [4.78, 5) is 3.78. The maximum absolute atomic E-state index is 8.80. The molecule has 0 aromatic carbocycles. The molecule has 0 aliphatic carbocycles. The van der Waals surface area contributed by atoms with E-state index < -0.39 is 0 Å². The van der Waals surface area contributed by atoms with Gasteiger partial charge in [-0.05, 0) is 11.6 Å². The Bertz CT molecular complexity index is 301. The molecular weight excluding hydrogens is 140 g/mol. The highest BCUT2D eigenvalue weighted by atomic mass is 16.3. The highest BCUT2D eigenvalue weighted by molar-refractivity contribution is 5.43. The van der Waals surface area contributed by atoms with E-state index in [1.165, 1.54) is 6.20 Å². The summed E-state index contributed by atoms with van der Waals surface area (Å²) < 4.78 is 0. The van der Waals surface area contributed by atoms with Crippen LogP contribution < -0.4 is 5.73 Å². The summed E-state index contributed by atoms with van der Waals surface area (Å²) in [6, 6.07) is 1.56. The molecule has 1 heterocycles. The molecule has 3 heteroatoms. The van der Waals surface area contributed by atoms with Gasteiger partial charge < -0.3 is 10.8 Å². The lowest BCUT2D eigenvalue weighted by Gasteiger charge is -2.00. The quantitative estimate of drug-likeness (QED) is 0.557. The van der Waals surface area contributed by atoms with Crippen molar-refractivity contribution in [3.05, 3.63) is 23.4 Å². The number of aliphatic hydroxyl groups is 1. The Labute approximate surface area is 64.9 Å². The zero-order chi connectivity index (χ0) is 8.27. The van der Waals surface area contributed by atoms with Gasteiger partial charge in [-0.1, -0.05) is 5.92 Å². The van der Waals surface area contributed by atoms with Gasteiger partial charge in [-0.2, -0.15) is 0 Å². The van der Waals surface area contributed by atoms with Crippen LogP contribution in [-0.4, -0.2) is 10.1 Å². The third-order valence-electron chi connectivity index (χ3n) is 1.34. The molecule has 11 heavy (non-hydrogen) atoms. The lowest BCUT2D eigenvalue weighted by Crippen LogP contribution is -1.95. The van der Waals surface area contributed by atoms with Gasteiger partial charge in [0.1, 0.15) is 5.82 Å². The first kappa shape index (κ1) is 7.58. The number of hydrogen-bond donors (Lipinski definition) is 2. The van der Waals surface area contributed by atoms with Crippen LogP contribution in [0.2, 0.25) is 0 Å². The van der Waals surface area contributed by atoms with Crippen LogP contribution in [0.5, 0.6) is 0 Å². The molecule has 1 aromatic heterocycles. The van der Waals surface area contributed by atoms with Gasteiger partial charge in [-0.25, -0.2) is 4.98 Å². The van der Waals surface area contributed by atoms with Crippen LogP contribution in [0.4, 0.5) is 5.82 Å². The standard InChI is InChI=1S/C8H8N2O/c1-2-6-4-10-8(9)3-7(6)5-11/h1,3-4,11H,5H2,(H2,9,10). The molecule has 0 fully saturated rings. The summed E-state index contributed by atoms with van der Waals surface area (Å²) in [5.74, 6) is 2.76. The number of pyridine rings is 1. The first-order chi connectivity index (χ1) is 5.27. The fraction of sp³-hybridized carbons (Fsp3) is 0.125. The number of terminal acetylenes is 1. The highest BCUT2D eigenvalue weighted by Crippen LogP contribution is 2.08. The molecule has 0 saturated carbocycles. The van der Waals surface area contributed by atoms with Crippen molar-refractivity contribution in [3.8, 4) is 12.3 Å². The molecule has 1 rings (SSSR count). The molecule has 0 spiro atoms. The summed E-state index contributed by atoms with van der Waals surface area (Å²) in [6.07, 6.45) is 6.61. The van der Waals surface area contributed by atoms with Gasteiger partial charge >= 0.3 is 0 Å². The van der Waals surface area contributed by atoms with Crippen molar-refractivity contribution in [2.75, 3.05) is 5.73 Å². The Morgan fingerprint density at radius 3 is 3.00 bits per heavy atom. The third kappa shape index (κ3) is 1.48. The zero-order valence-electron chi connectivity index (χ0n) is 5.91. The first-order valence-electron chi connectivity index (χ1n) is 3.09. The Kier molecular flexibility index (Phi) is 2.09. The monoisotopic (exact) mass is 148 g/mol. The number of nitrogens with two attached hydrogens (primary N) is 1. The van der Waals surface area contributed by atoms with Gasteiger partial charge in [0.15, 0.2) is 0 Å². The van der Waals surface area contributed by atoms with E-state index in [4.69, 9.17) is 17.3 Å². The van der Waals surface area contributed by atoms with Gasteiger partial charge in [-0.15, -0.1) is 6.42 Å². The second-order valence-corrected chi connectivity index (χ2v) is 2.07. The molecular formula is C8H8N2O. The van der Waals surface area contributed by atoms with Crippen molar-refractivity contribution in [3.63, 3.8) is 0 Å². The maximum atomic E-state index is 8.80. The van der Waals surface area contributed by atoms with Gasteiger partial charge in [-0.3, -0.25) is 0 Å². The van der Waals surface area contributed by atoms with Crippen LogP contribution >= 0.6 is 0 Å². The smallest absolute Gasteiger partial charge is 0.123 e. The molecule has 0 aliphatic heterocycles. The lowest BCUT2D eigenvalue weighted by atomic mass is 10.1. The van der Waals surface area contributed by atoms with Gasteiger partial charge in [0.05, 0.1) is 6.61 Å². The van der Waals surface area contributed by atoms with Crippen molar-refractivity contribution in [2.45, 2.75) is 6.61 Å². The molecule has 0 aliphatic rings. The Balaban J connectivity index is 3.19. The number of rotatable bonds is 1. The molecule has 3 nitrogen and oxygen atoms in total. The zero-order valence-corrected chi connectivity index (χ0v) is 5.91. The minimum absolute atomic E-state index is 0.105. The number of aromatic nitrogens is 1. The van der Waals surface area contributed by atoms with E-state index in [1.807, 2.05) is 0 Å². The van der Waals surface area contributed by atoms with Crippen molar-refractivity contribution in [2.24, 2.45) is 0 Å². The number of anilines is 1. The highest BCUT2D eigenvalue weighted by Gasteiger charge is 1.98. The van der Waals surface area contributed by atoms with Crippen LogP contribution in [0.1, 0.15) is 11.1 Å². The second-order valence-electron chi connectivity index (χ2n) is 2.07. The number of aliphatic hydroxyl groups excluding tert-OH is 1. The van der Waals surface area contributed by atoms with E-state index in [1.54, 1.807) is 6.07 Å². The largest absolute Gasteiger partial charge is 0.392 e. The molecule has 0 radical (unpaired) electrons. The van der Waals surface area contributed by atoms with Crippen LogP contribution in [0.3, 0.4) is 0 Å². The Hall–Kier alpha value is -1.53. The van der Waals surface area contributed by atoms with Crippen molar-refractivity contribution in [1.29, 1.82) is 0 Å². The summed E-state index contributed by atoms with van der Waals surface area (Å²) >= 11 is 0. The minimum Gasteiger partial charge on any atom is -0.392 e. The average molecular weight is 148 g/mol. The van der Waals surface area contributed by atoms with E-state index in [9.17, 15) is 0 Å². The minimum atomic E-state index is -0.105. The van der Waals surface area contributed by atoms with E-state index in [2.05, 4.69) is 10.9 Å². The summed E-state index contributed by atoms with van der Waals surface area (Å²) in [5, 5.41) is 8.80. The van der Waals surface area contributed by atoms with Crippen molar-refractivity contribution >= 4 is 5.82 Å². The summed E-state index contributed by atoms with van der Waals surface area (Å²) in [5.41, 5.74) is 6.59. The molecule has 0 unspecified atom stereocenters. The molecule has 1 aromatic rings. The van der Waals surface area contributed by atoms with Crippen LogP contribution in [0.25, 0.3) is 0 Å². The van der Waals surface area contributed by atoms with Crippen molar-refractivity contribution < 1.29 is 5.11 Å². The van der Waals surface area contributed by atoms with E-state index in [-0.39, 0.29) is 6.61 Å². The maximum Gasteiger partial charge on any atom is 0.123 e. The molecule has 0 bridgehead atoms. The van der Waals surface area contributed by atoms with E-state index in [0.717, 1.165) is 0 Å². The summed E-state index contributed by atoms with van der Waals surface area (Å²) in [7, 11) is 0. The number of hydrogen-bond acceptors (Lipinski definition) is 3. The fourth-order valence-electron chi connectivity index (χ4n) is 0.776. The van der Waals surface area contributed by atoms with Gasteiger partial charge in [0.2, 0.25) is 0 Å². The SMILES string of the molecule is C#Cc1cnc(N)cc1CO. The topological polar surface area (TPSA) is 59.1 Å². The van der Waals surface area contributed by atoms with Crippen LogP contribution in [-0.2, 0) is 6.61 Å². The predicted octanol–water partition coefficient (Wildman–Crippen LogP) is 0.137. The third-order valence-corrected chi connectivity index (χ3v) is 1.34. The van der Waals surface area contributed by atoms with Crippen LogP contribution in [0, 0.1) is 12.3 Å². The molecule has 0 atom stereocenters. The normalized spacial score (nSPS) is 9.09. The Morgan fingerprint density at radius 2 is 2.45 bits per heavy atom. The molecule has 3 N–H and O–H groups in total. The predicted molar refractivity (Wildman–Crippen MR) is 42.5 cm³/mol. The number of nitrogens with zero attached hydrogens (tertiary/aromatic N) is 1. The average Bonchev–Trinajstić information content (AvgIpc) is 2.04. The first-order valence-corrected chi connectivity index (χ1v) is 3.09. The fourth-order valence-corrected chi connectivity index (χ4v) is 0.776.